The van der Waals surface area contributed by atoms with Gasteiger partial charge in [0, 0.05) is 12.1 Å². The second kappa shape index (κ2) is 8.65. The van der Waals surface area contributed by atoms with Gasteiger partial charge in [0.15, 0.2) is 0 Å². The third-order valence-corrected chi connectivity index (χ3v) is 5.11. The Hall–Kier alpha value is -2.36. The molecule has 0 aliphatic rings. The normalized spacial score (nSPS) is 12.9. The number of nitriles is 1. The smallest absolute Gasteiger partial charge is 0.140 e. The first-order valence-electron chi connectivity index (χ1n) is 7.88. The molecule has 0 aliphatic carbocycles. The Morgan fingerprint density at radius 1 is 1.20 bits per heavy atom. The lowest BCUT2D eigenvalue weighted by Gasteiger charge is -2.16. The van der Waals surface area contributed by atoms with Gasteiger partial charge in [-0.2, -0.15) is 5.26 Å². The zero-order chi connectivity index (χ0) is 18.4. The Bertz CT molecular complexity index is 798. The van der Waals surface area contributed by atoms with Gasteiger partial charge < -0.3 is 9.47 Å². The van der Waals surface area contributed by atoms with Crippen molar-refractivity contribution in [3.8, 4) is 17.6 Å². The highest BCUT2D eigenvalue weighted by Gasteiger charge is 2.16. The molecule has 0 saturated heterocycles. The summed E-state index contributed by atoms with van der Waals surface area (Å²) in [5.41, 5.74) is 2.38. The number of rotatable bonds is 7. The van der Waals surface area contributed by atoms with Crippen LogP contribution in [0.1, 0.15) is 23.6 Å². The summed E-state index contributed by atoms with van der Waals surface area (Å²) in [4.78, 5) is 0.723. The molecule has 5 nitrogen and oxygen atoms in total. The molecule has 2 aromatic rings. The molecule has 2 atom stereocenters. The molecule has 0 spiro atoms. The third kappa shape index (κ3) is 4.81. The highest BCUT2D eigenvalue weighted by Crippen LogP contribution is 2.29. The van der Waals surface area contributed by atoms with Crippen LogP contribution >= 0.6 is 0 Å². The van der Waals surface area contributed by atoms with Crippen LogP contribution < -0.4 is 14.2 Å². The van der Waals surface area contributed by atoms with Crippen molar-refractivity contribution in [3.05, 3.63) is 53.1 Å². The number of nitrogens with one attached hydrogen (secondary N) is 1. The largest absolute Gasteiger partial charge is 0.497 e. The number of hydrogen-bond acceptors (Lipinski definition) is 4. The van der Waals surface area contributed by atoms with Gasteiger partial charge in [-0.05, 0) is 44.0 Å². The standard InChI is InChI=1S/C19H22N2O3S/c1-13-5-7-17(8-6-13)25(22)21-14(2)9-15-10-16(23-3)11-19(24-4)18(15)12-20/h5-8,10-11,14,21H,9H2,1-4H3/t14-,25+/m1/s1. The third-order valence-electron chi connectivity index (χ3n) is 3.79. The summed E-state index contributed by atoms with van der Waals surface area (Å²) >= 11 is 0. The van der Waals surface area contributed by atoms with E-state index in [1.54, 1.807) is 13.2 Å². The van der Waals surface area contributed by atoms with Crippen LogP contribution in [0.25, 0.3) is 0 Å². The quantitative estimate of drug-likeness (QED) is 0.825. The van der Waals surface area contributed by atoms with Crippen molar-refractivity contribution in [2.24, 2.45) is 0 Å². The van der Waals surface area contributed by atoms with E-state index in [2.05, 4.69) is 10.8 Å². The molecular formula is C19H22N2O3S. The van der Waals surface area contributed by atoms with E-state index in [0.29, 0.717) is 23.5 Å². The van der Waals surface area contributed by atoms with Gasteiger partial charge in [0.2, 0.25) is 0 Å². The minimum atomic E-state index is -1.31. The Kier molecular flexibility index (Phi) is 6.57. The summed E-state index contributed by atoms with van der Waals surface area (Å²) in [6, 6.07) is 13.1. The maximum atomic E-state index is 12.4. The minimum absolute atomic E-state index is 0.106. The average Bonchev–Trinajstić information content (AvgIpc) is 2.61. The summed E-state index contributed by atoms with van der Waals surface area (Å²) in [6.07, 6.45) is 0.522. The first-order chi connectivity index (χ1) is 12.0. The molecule has 0 heterocycles. The number of methoxy groups -OCH3 is 2. The lowest BCUT2D eigenvalue weighted by Crippen LogP contribution is -2.30. The lowest BCUT2D eigenvalue weighted by atomic mass is 10.0. The summed E-state index contributed by atoms with van der Waals surface area (Å²) in [5, 5.41) is 9.44. The van der Waals surface area contributed by atoms with Crippen LogP contribution in [0.15, 0.2) is 41.3 Å². The van der Waals surface area contributed by atoms with Crippen molar-refractivity contribution >= 4 is 11.0 Å². The van der Waals surface area contributed by atoms with E-state index in [-0.39, 0.29) is 6.04 Å². The highest BCUT2D eigenvalue weighted by atomic mass is 32.2. The lowest BCUT2D eigenvalue weighted by molar-refractivity contribution is 0.392. The van der Waals surface area contributed by atoms with E-state index >= 15 is 0 Å². The van der Waals surface area contributed by atoms with Crippen LogP contribution in [0.4, 0.5) is 0 Å². The van der Waals surface area contributed by atoms with Crippen LogP contribution in [0.2, 0.25) is 0 Å². The number of ether oxygens (including phenoxy) is 2. The van der Waals surface area contributed by atoms with E-state index in [9.17, 15) is 9.47 Å². The molecule has 132 valence electrons. The minimum Gasteiger partial charge on any atom is -0.497 e. The summed E-state index contributed by atoms with van der Waals surface area (Å²) < 4.78 is 26.1. The number of benzene rings is 2. The maximum Gasteiger partial charge on any atom is 0.140 e. The first kappa shape index (κ1) is 19.0. The van der Waals surface area contributed by atoms with E-state index in [1.807, 2.05) is 44.2 Å². The predicted octanol–water partition coefficient (Wildman–Crippen LogP) is 3.13. The Morgan fingerprint density at radius 3 is 2.44 bits per heavy atom. The van der Waals surface area contributed by atoms with Crippen LogP contribution in [-0.2, 0) is 17.4 Å². The second-order valence-corrected chi connectivity index (χ2v) is 7.02. The number of hydrogen-bond donors (Lipinski definition) is 1. The van der Waals surface area contributed by atoms with Crippen LogP contribution in [-0.4, -0.2) is 24.5 Å². The first-order valence-corrected chi connectivity index (χ1v) is 9.03. The topological polar surface area (TPSA) is 71.3 Å². The van der Waals surface area contributed by atoms with Crippen molar-refractivity contribution in [1.82, 2.24) is 4.72 Å². The summed E-state index contributed by atoms with van der Waals surface area (Å²) in [7, 11) is 1.78. The van der Waals surface area contributed by atoms with Crippen molar-refractivity contribution in [2.75, 3.05) is 14.2 Å². The summed E-state index contributed by atoms with van der Waals surface area (Å²) in [6.45, 7) is 3.92. The molecule has 25 heavy (non-hydrogen) atoms. The Balaban J connectivity index is 2.17. The van der Waals surface area contributed by atoms with E-state index in [1.165, 1.54) is 7.11 Å². The van der Waals surface area contributed by atoms with Crippen LogP contribution in [0.5, 0.6) is 11.5 Å². The fraction of sp³-hybridized carbons (Fsp3) is 0.316. The second-order valence-electron chi connectivity index (χ2n) is 5.78. The van der Waals surface area contributed by atoms with Crippen LogP contribution in [0, 0.1) is 18.3 Å². The fourth-order valence-electron chi connectivity index (χ4n) is 2.50. The molecule has 0 aliphatic heterocycles. The van der Waals surface area contributed by atoms with Crippen LogP contribution in [0.3, 0.4) is 0 Å². The molecule has 0 bridgehead atoms. The van der Waals surface area contributed by atoms with Gasteiger partial charge in [0.25, 0.3) is 0 Å². The molecule has 0 aromatic heterocycles. The molecule has 0 amide bonds. The van der Waals surface area contributed by atoms with Gasteiger partial charge in [-0.15, -0.1) is 0 Å². The number of aryl methyl sites for hydroxylation is 1. The summed E-state index contributed by atoms with van der Waals surface area (Å²) in [5.74, 6) is 1.10. The molecule has 0 saturated carbocycles. The molecule has 0 unspecified atom stereocenters. The monoisotopic (exact) mass is 358 g/mol. The zero-order valence-electron chi connectivity index (χ0n) is 14.8. The molecule has 0 radical (unpaired) electrons. The predicted molar refractivity (Wildman–Crippen MR) is 98.2 cm³/mol. The van der Waals surface area contributed by atoms with Crippen molar-refractivity contribution in [3.63, 3.8) is 0 Å². The molecule has 0 fully saturated rings. The van der Waals surface area contributed by atoms with Gasteiger partial charge in [-0.3, -0.25) is 0 Å². The van der Waals surface area contributed by atoms with Gasteiger partial charge in [0.1, 0.15) is 28.6 Å². The Labute approximate surface area is 151 Å². The maximum absolute atomic E-state index is 12.4. The molecule has 6 heteroatoms. The molecule has 1 N–H and O–H groups in total. The highest BCUT2D eigenvalue weighted by molar-refractivity contribution is 7.83. The fourth-order valence-corrected chi connectivity index (χ4v) is 3.46. The van der Waals surface area contributed by atoms with E-state index in [0.717, 1.165) is 16.0 Å². The van der Waals surface area contributed by atoms with Crippen molar-refractivity contribution < 1.29 is 13.7 Å². The average molecular weight is 358 g/mol. The molecule has 2 rings (SSSR count). The van der Waals surface area contributed by atoms with Gasteiger partial charge in [0.05, 0.1) is 24.7 Å². The van der Waals surface area contributed by atoms with Gasteiger partial charge in [-0.1, -0.05) is 17.7 Å². The van der Waals surface area contributed by atoms with E-state index < -0.39 is 11.0 Å². The zero-order valence-corrected chi connectivity index (χ0v) is 15.6. The molecular weight excluding hydrogens is 336 g/mol. The van der Waals surface area contributed by atoms with Crippen molar-refractivity contribution in [2.45, 2.75) is 31.2 Å². The Morgan fingerprint density at radius 2 is 1.88 bits per heavy atom. The van der Waals surface area contributed by atoms with Gasteiger partial charge in [-0.25, -0.2) is 8.93 Å². The number of nitrogens with zero attached hydrogens (tertiary/aromatic N) is 1. The SMILES string of the molecule is COc1cc(C[C@@H](C)N[S@@](=O)c2ccc(C)cc2)c(C#N)c(OC)c1. The van der Waals surface area contributed by atoms with E-state index in [4.69, 9.17) is 9.47 Å². The van der Waals surface area contributed by atoms with Crippen molar-refractivity contribution in [1.29, 1.82) is 5.26 Å². The van der Waals surface area contributed by atoms with Gasteiger partial charge >= 0.3 is 0 Å². The molecule has 2 aromatic carbocycles.